The molecule has 100 valence electrons. The molecule has 1 aliphatic rings. The van der Waals surface area contributed by atoms with E-state index in [0.29, 0.717) is 25.5 Å². The molecule has 0 radical (unpaired) electrons. The molecule has 1 saturated carbocycles. The average molecular weight is 243 g/mol. The van der Waals surface area contributed by atoms with Crippen molar-refractivity contribution >= 4 is 5.78 Å². The van der Waals surface area contributed by atoms with E-state index < -0.39 is 0 Å². The van der Waals surface area contributed by atoms with Gasteiger partial charge in [0.05, 0.1) is 19.8 Å². The van der Waals surface area contributed by atoms with Gasteiger partial charge in [0.15, 0.2) is 0 Å². The highest BCUT2D eigenvalue weighted by Gasteiger charge is 2.22. The number of carbonyl (C=O) groups excluding carboxylic acids is 1. The van der Waals surface area contributed by atoms with Gasteiger partial charge < -0.3 is 9.84 Å². The summed E-state index contributed by atoms with van der Waals surface area (Å²) in [5, 5.41) is 8.97. The first-order chi connectivity index (χ1) is 8.27. The van der Waals surface area contributed by atoms with E-state index in [4.69, 9.17) is 9.84 Å². The topological polar surface area (TPSA) is 49.8 Å². The van der Waals surface area contributed by atoms with Gasteiger partial charge in [-0.1, -0.05) is 19.3 Å². The molecule has 4 nitrogen and oxygen atoms in total. The lowest BCUT2D eigenvalue weighted by atomic mass is 9.86. The van der Waals surface area contributed by atoms with Crippen LogP contribution in [-0.4, -0.2) is 55.7 Å². The lowest BCUT2D eigenvalue weighted by Gasteiger charge is -2.25. The highest BCUT2D eigenvalue weighted by Crippen LogP contribution is 2.24. The van der Waals surface area contributed by atoms with Gasteiger partial charge in [-0.25, -0.2) is 0 Å². The maximum absolute atomic E-state index is 12.1. The molecule has 1 rings (SSSR count). The summed E-state index contributed by atoms with van der Waals surface area (Å²) in [6.07, 6.45) is 5.75. The minimum atomic E-state index is 0.0989. The third-order valence-electron chi connectivity index (χ3n) is 3.47. The predicted molar refractivity (Wildman–Crippen MR) is 67.0 cm³/mol. The van der Waals surface area contributed by atoms with E-state index in [-0.39, 0.29) is 12.5 Å². The monoisotopic (exact) mass is 243 g/mol. The smallest absolute Gasteiger partial charge is 0.149 e. The summed E-state index contributed by atoms with van der Waals surface area (Å²) in [7, 11) is 1.65. The number of aliphatic hydroxyl groups excluding tert-OH is 1. The standard InChI is InChI=1S/C13H25NO3/c1-17-10-8-14(7-9-15)11-13(16)12-5-3-2-4-6-12/h12,15H,2-11H2,1H3. The first-order valence-electron chi connectivity index (χ1n) is 6.62. The minimum Gasteiger partial charge on any atom is -0.395 e. The number of nitrogens with zero attached hydrogens (tertiary/aromatic N) is 1. The normalized spacial score (nSPS) is 17.6. The SMILES string of the molecule is COCCN(CCO)CC(=O)C1CCCCC1. The number of methoxy groups -OCH3 is 1. The van der Waals surface area contributed by atoms with Crippen molar-refractivity contribution in [1.82, 2.24) is 4.90 Å². The molecule has 17 heavy (non-hydrogen) atoms. The van der Waals surface area contributed by atoms with E-state index in [1.165, 1.54) is 19.3 Å². The molecule has 0 amide bonds. The van der Waals surface area contributed by atoms with Gasteiger partial charge in [0.25, 0.3) is 0 Å². The zero-order chi connectivity index (χ0) is 12.5. The van der Waals surface area contributed by atoms with Gasteiger partial charge in [-0.3, -0.25) is 9.69 Å². The van der Waals surface area contributed by atoms with Gasteiger partial charge >= 0.3 is 0 Å². The highest BCUT2D eigenvalue weighted by atomic mass is 16.5. The quantitative estimate of drug-likeness (QED) is 0.693. The number of aliphatic hydroxyl groups is 1. The van der Waals surface area contributed by atoms with Crippen molar-refractivity contribution in [2.24, 2.45) is 5.92 Å². The van der Waals surface area contributed by atoms with E-state index >= 15 is 0 Å². The molecule has 1 fully saturated rings. The number of ketones is 1. The Hall–Kier alpha value is -0.450. The van der Waals surface area contributed by atoms with Gasteiger partial charge in [0, 0.05) is 26.1 Å². The third kappa shape index (κ3) is 5.61. The van der Waals surface area contributed by atoms with E-state index in [9.17, 15) is 4.79 Å². The Balaban J connectivity index is 2.33. The lowest BCUT2D eigenvalue weighted by molar-refractivity contribution is -0.125. The number of Topliss-reactive ketones (excluding diaryl/α,β-unsaturated/α-hetero) is 1. The zero-order valence-corrected chi connectivity index (χ0v) is 10.9. The van der Waals surface area contributed by atoms with Gasteiger partial charge in [-0.15, -0.1) is 0 Å². The molecule has 0 aromatic rings. The van der Waals surface area contributed by atoms with E-state index in [1.807, 2.05) is 4.90 Å². The highest BCUT2D eigenvalue weighted by molar-refractivity contribution is 5.83. The summed E-state index contributed by atoms with van der Waals surface area (Å²) < 4.78 is 5.01. The van der Waals surface area contributed by atoms with Gasteiger partial charge in [-0.2, -0.15) is 0 Å². The van der Waals surface area contributed by atoms with Crippen LogP contribution in [0.1, 0.15) is 32.1 Å². The molecule has 1 aliphatic carbocycles. The van der Waals surface area contributed by atoms with E-state index in [2.05, 4.69) is 0 Å². The fourth-order valence-corrected chi connectivity index (χ4v) is 2.41. The third-order valence-corrected chi connectivity index (χ3v) is 3.47. The first kappa shape index (κ1) is 14.6. The molecule has 0 heterocycles. The van der Waals surface area contributed by atoms with Crippen LogP contribution in [0.15, 0.2) is 0 Å². The van der Waals surface area contributed by atoms with Crippen LogP contribution >= 0.6 is 0 Å². The van der Waals surface area contributed by atoms with Crippen LogP contribution in [0.2, 0.25) is 0 Å². The molecule has 1 N–H and O–H groups in total. The maximum atomic E-state index is 12.1. The summed E-state index contributed by atoms with van der Waals surface area (Å²) in [4.78, 5) is 14.1. The molecule has 4 heteroatoms. The minimum absolute atomic E-state index is 0.0989. The molecule has 0 aromatic carbocycles. The van der Waals surface area contributed by atoms with Crippen molar-refractivity contribution < 1.29 is 14.6 Å². The summed E-state index contributed by atoms with van der Waals surface area (Å²) in [5.74, 6) is 0.599. The Morgan fingerprint density at radius 2 is 2.00 bits per heavy atom. The average Bonchev–Trinajstić information content (AvgIpc) is 2.37. The number of ether oxygens (including phenoxy) is 1. The zero-order valence-electron chi connectivity index (χ0n) is 10.9. The molecule has 0 spiro atoms. The van der Waals surface area contributed by atoms with E-state index in [0.717, 1.165) is 19.4 Å². The maximum Gasteiger partial charge on any atom is 0.149 e. The Morgan fingerprint density at radius 3 is 2.59 bits per heavy atom. The Labute approximate surface area is 104 Å². The van der Waals surface area contributed by atoms with Crippen molar-refractivity contribution in [3.05, 3.63) is 0 Å². The Bertz CT molecular complexity index is 215. The predicted octanol–water partition coefficient (Wildman–Crippen LogP) is 1.08. The molecular weight excluding hydrogens is 218 g/mol. The molecular formula is C13H25NO3. The largest absolute Gasteiger partial charge is 0.395 e. The Kier molecular flexibility index (Phi) is 7.40. The summed E-state index contributed by atoms with van der Waals surface area (Å²) >= 11 is 0. The second kappa shape index (κ2) is 8.61. The van der Waals surface area contributed by atoms with Crippen LogP contribution in [-0.2, 0) is 9.53 Å². The molecule has 0 aromatic heterocycles. The van der Waals surface area contributed by atoms with Crippen molar-refractivity contribution in [3.8, 4) is 0 Å². The Morgan fingerprint density at radius 1 is 1.29 bits per heavy atom. The van der Waals surface area contributed by atoms with Gasteiger partial charge in [0.1, 0.15) is 5.78 Å². The molecule has 0 saturated heterocycles. The summed E-state index contributed by atoms with van der Waals surface area (Å²) in [6, 6.07) is 0. The van der Waals surface area contributed by atoms with Crippen molar-refractivity contribution in [1.29, 1.82) is 0 Å². The van der Waals surface area contributed by atoms with Crippen LogP contribution in [0.25, 0.3) is 0 Å². The summed E-state index contributed by atoms with van der Waals surface area (Å²) in [5.41, 5.74) is 0. The fraction of sp³-hybridized carbons (Fsp3) is 0.923. The molecule has 0 unspecified atom stereocenters. The van der Waals surface area contributed by atoms with E-state index in [1.54, 1.807) is 7.11 Å². The number of hydrogen-bond donors (Lipinski definition) is 1. The second-order valence-corrected chi connectivity index (χ2v) is 4.79. The van der Waals surface area contributed by atoms with Crippen molar-refractivity contribution in [3.63, 3.8) is 0 Å². The number of carbonyl (C=O) groups is 1. The van der Waals surface area contributed by atoms with Crippen LogP contribution in [0.4, 0.5) is 0 Å². The number of hydrogen-bond acceptors (Lipinski definition) is 4. The second-order valence-electron chi connectivity index (χ2n) is 4.79. The van der Waals surface area contributed by atoms with Crippen molar-refractivity contribution in [2.45, 2.75) is 32.1 Å². The van der Waals surface area contributed by atoms with Crippen LogP contribution in [0, 0.1) is 5.92 Å². The molecule has 0 aliphatic heterocycles. The fourth-order valence-electron chi connectivity index (χ4n) is 2.41. The van der Waals surface area contributed by atoms with Crippen LogP contribution < -0.4 is 0 Å². The molecule has 0 atom stereocenters. The van der Waals surface area contributed by atoms with Crippen molar-refractivity contribution in [2.75, 3.05) is 40.0 Å². The molecule has 0 bridgehead atoms. The lowest BCUT2D eigenvalue weighted by Crippen LogP contribution is -2.37. The first-order valence-corrected chi connectivity index (χ1v) is 6.62. The van der Waals surface area contributed by atoms with Crippen LogP contribution in [0.5, 0.6) is 0 Å². The van der Waals surface area contributed by atoms with Crippen LogP contribution in [0.3, 0.4) is 0 Å². The van der Waals surface area contributed by atoms with Gasteiger partial charge in [0.2, 0.25) is 0 Å². The summed E-state index contributed by atoms with van der Waals surface area (Å²) in [6.45, 7) is 2.45. The van der Waals surface area contributed by atoms with Gasteiger partial charge in [-0.05, 0) is 12.8 Å². The number of rotatable bonds is 8.